The molecule has 1 rings (SSSR count). The quantitative estimate of drug-likeness (QED) is 0.0776. The van der Waals surface area contributed by atoms with Gasteiger partial charge < -0.3 is 14.6 Å². The van der Waals surface area contributed by atoms with E-state index < -0.39 is 0 Å². The molecule has 0 spiro atoms. The largest absolute Gasteiger partial charge is 0.396 e. The summed E-state index contributed by atoms with van der Waals surface area (Å²) in [6, 6.07) is 10.5. The number of ether oxygens (including phenoxy) is 2. The lowest BCUT2D eigenvalue weighted by molar-refractivity contribution is -0.0747. The number of benzene rings is 1. The van der Waals surface area contributed by atoms with Gasteiger partial charge in [-0.1, -0.05) is 127 Å². The zero-order valence-electron chi connectivity index (χ0n) is 26.2. The second kappa shape index (κ2) is 27.6. The van der Waals surface area contributed by atoms with Crippen molar-refractivity contribution in [2.75, 3.05) is 31.0 Å². The van der Waals surface area contributed by atoms with Crippen LogP contribution in [0.2, 0.25) is 0 Å². The molecule has 0 saturated heterocycles. The first kappa shape index (κ1) is 36.5. The first-order valence-electron chi connectivity index (χ1n) is 16.6. The molecule has 1 aromatic rings. The van der Waals surface area contributed by atoms with Crippen LogP contribution >= 0.6 is 0 Å². The molecule has 228 valence electrons. The Bertz CT molecular complexity index is 611. The molecule has 3 unspecified atom stereocenters. The molecule has 4 heteroatoms. The molecule has 0 aromatic heterocycles. The van der Waals surface area contributed by atoms with Crippen molar-refractivity contribution in [2.45, 2.75) is 155 Å². The van der Waals surface area contributed by atoms with E-state index in [-0.39, 0.29) is 12.2 Å². The van der Waals surface area contributed by atoms with Crippen molar-refractivity contribution in [1.82, 2.24) is 0 Å². The number of hydrogen-bond acceptors (Lipinski definition) is 3. The maximum Gasteiger partial charge on any atom is 0.110 e. The molecular weight excluding hydrogens is 500 g/mol. The number of aliphatic hydroxyl groups excluding tert-OH is 1. The van der Waals surface area contributed by atoms with Gasteiger partial charge in [-0.25, -0.2) is 0 Å². The van der Waals surface area contributed by atoms with Gasteiger partial charge in [0.05, 0.1) is 31.7 Å². The first-order chi connectivity index (χ1) is 19.2. The lowest BCUT2D eigenvalue weighted by Crippen LogP contribution is -2.30. The number of aliphatic hydroxyl groups is 1. The highest BCUT2D eigenvalue weighted by Gasteiger charge is 2.19. The zero-order valence-corrected chi connectivity index (χ0v) is 27.0. The number of unbranched alkanes of at least 4 members (excludes halogenated alkanes) is 15. The van der Waals surface area contributed by atoms with Crippen molar-refractivity contribution in [3.05, 3.63) is 35.9 Å². The van der Waals surface area contributed by atoms with Crippen LogP contribution in [0.4, 0.5) is 0 Å². The van der Waals surface area contributed by atoms with Gasteiger partial charge in [0.25, 0.3) is 0 Å². The van der Waals surface area contributed by atoms with Crippen molar-refractivity contribution in [1.29, 1.82) is 0 Å². The molecule has 3 atom stereocenters. The first-order valence-corrected chi connectivity index (χ1v) is 18.6. The zero-order chi connectivity index (χ0) is 28.2. The molecule has 3 nitrogen and oxygen atoms in total. The molecule has 1 N–H and O–H groups in total. The summed E-state index contributed by atoms with van der Waals surface area (Å²) in [4.78, 5) is 0. The van der Waals surface area contributed by atoms with Crippen LogP contribution in [0.25, 0.3) is 0 Å². The van der Waals surface area contributed by atoms with Gasteiger partial charge in [-0.15, -0.1) is 0 Å². The van der Waals surface area contributed by atoms with Crippen molar-refractivity contribution in [2.24, 2.45) is 0 Å². The minimum Gasteiger partial charge on any atom is -0.396 e. The molecule has 0 amide bonds. The third kappa shape index (κ3) is 22.8. The third-order valence-electron chi connectivity index (χ3n) is 7.84. The van der Waals surface area contributed by atoms with E-state index in [1.165, 1.54) is 120 Å². The van der Waals surface area contributed by atoms with Gasteiger partial charge in [-0.05, 0) is 49.1 Å². The molecule has 0 saturated carbocycles. The van der Waals surface area contributed by atoms with E-state index in [1.54, 1.807) is 0 Å². The van der Waals surface area contributed by atoms with E-state index in [2.05, 4.69) is 50.4 Å². The van der Waals surface area contributed by atoms with Crippen molar-refractivity contribution >= 4 is 10.9 Å². The number of rotatable bonds is 29. The lowest BCUT2D eigenvalue weighted by Gasteiger charge is -2.25. The molecule has 0 aliphatic rings. The third-order valence-corrected chi connectivity index (χ3v) is 9.81. The predicted molar refractivity (Wildman–Crippen MR) is 174 cm³/mol. The van der Waals surface area contributed by atoms with Crippen LogP contribution in [0.3, 0.4) is 0 Å². The molecule has 0 fully saturated rings. The maximum atomic E-state index is 8.93. The Kier molecular flexibility index (Phi) is 25.8. The highest BCUT2D eigenvalue weighted by Crippen LogP contribution is 2.18. The van der Waals surface area contributed by atoms with Crippen molar-refractivity contribution in [3.8, 4) is 0 Å². The summed E-state index contributed by atoms with van der Waals surface area (Å²) in [7, 11) is 0.482. The van der Waals surface area contributed by atoms with Gasteiger partial charge in [-0.3, -0.25) is 0 Å². The van der Waals surface area contributed by atoms with E-state index in [0.29, 0.717) is 24.1 Å². The van der Waals surface area contributed by atoms with Crippen LogP contribution < -0.4 is 0 Å². The van der Waals surface area contributed by atoms with Crippen LogP contribution in [-0.4, -0.2) is 48.3 Å². The Morgan fingerprint density at radius 2 is 1.21 bits per heavy atom. The Balaban J connectivity index is 2.23. The Morgan fingerprint density at radius 1 is 0.667 bits per heavy atom. The van der Waals surface area contributed by atoms with E-state index in [1.807, 2.05) is 0 Å². The smallest absolute Gasteiger partial charge is 0.110 e. The SMILES string of the molecule is CCCCCCCCCCCCCCCC(OCCC[S+](C)CCCCCCO)C(C)OCc1ccccc1. The normalized spacial score (nSPS) is 13.9. The Morgan fingerprint density at radius 3 is 1.82 bits per heavy atom. The summed E-state index contributed by atoms with van der Waals surface area (Å²) < 4.78 is 12.7. The van der Waals surface area contributed by atoms with Crippen LogP contribution in [0.1, 0.15) is 141 Å². The van der Waals surface area contributed by atoms with Gasteiger partial charge in [0.2, 0.25) is 0 Å². The standard InChI is InChI=1S/C35H65O3S/c1-4-5-6-7-8-9-10-11-12-13-14-15-21-27-35(33(2)38-32-34-25-19-18-20-26-34)37-29-24-31-39(3)30-23-17-16-22-28-36/h18-20,25-26,33,35-36H,4-17,21-24,27-32H2,1-3H3/q+1. The van der Waals surface area contributed by atoms with Gasteiger partial charge in [0, 0.05) is 13.0 Å². The highest BCUT2D eigenvalue weighted by atomic mass is 32.2. The average molecular weight is 566 g/mol. The molecule has 0 heterocycles. The minimum atomic E-state index is 0.119. The van der Waals surface area contributed by atoms with Gasteiger partial charge in [0.15, 0.2) is 0 Å². The van der Waals surface area contributed by atoms with E-state index in [9.17, 15) is 0 Å². The monoisotopic (exact) mass is 565 g/mol. The highest BCUT2D eigenvalue weighted by molar-refractivity contribution is 7.96. The summed E-state index contributed by atoms with van der Waals surface area (Å²) in [5.41, 5.74) is 1.23. The minimum absolute atomic E-state index is 0.119. The van der Waals surface area contributed by atoms with Gasteiger partial charge in [-0.2, -0.15) is 0 Å². The fourth-order valence-corrected chi connectivity index (χ4v) is 6.69. The van der Waals surface area contributed by atoms with Crippen LogP contribution in [0.5, 0.6) is 0 Å². The number of hydrogen-bond donors (Lipinski definition) is 1. The molecule has 0 aliphatic carbocycles. The summed E-state index contributed by atoms with van der Waals surface area (Å²) in [5, 5.41) is 8.93. The fraction of sp³-hybridized carbons (Fsp3) is 0.829. The molecule has 39 heavy (non-hydrogen) atoms. The predicted octanol–water partition coefficient (Wildman–Crippen LogP) is 9.65. The second-order valence-corrected chi connectivity index (χ2v) is 14.0. The molecular formula is C35H65O3S+. The Hall–Kier alpha value is -0.550. The molecule has 0 radical (unpaired) electrons. The van der Waals surface area contributed by atoms with E-state index in [0.717, 1.165) is 25.9 Å². The van der Waals surface area contributed by atoms with Crippen LogP contribution in [0.15, 0.2) is 30.3 Å². The van der Waals surface area contributed by atoms with Crippen molar-refractivity contribution in [3.63, 3.8) is 0 Å². The van der Waals surface area contributed by atoms with E-state index in [4.69, 9.17) is 14.6 Å². The lowest BCUT2D eigenvalue weighted by atomic mass is 10.0. The van der Waals surface area contributed by atoms with E-state index >= 15 is 0 Å². The summed E-state index contributed by atoms with van der Waals surface area (Å²) >= 11 is 0. The van der Waals surface area contributed by atoms with Gasteiger partial charge >= 0.3 is 0 Å². The molecule has 0 aliphatic heterocycles. The second-order valence-electron chi connectivity index (χ2n) is 11.6. The average Bonchev–Trinajstić information content (AvgIpc) is 2.95. The van der Waals surface area contributed by atoms with Gasteiger partial charge in [0.1, 0.15) is 11.5 Å². The molecule has 0 bridgehead atoms. The maximum absolute atomic E-state index is 8.93. The Labute approximate surface area is 246 Å². The fourth-order valence-electron chi connectivity index (χ4n) is 5.18. The van der Waals surface area contributed by atoms with Crippen LogP contribution in [-0.2, 0) is 27.0 Å². The van der Waals surface area contributed by atoms with Crippen LogP contribution in [0, 0.1) is 0 Å². The summed E-state index contributed by atoms with van der Waals surface area (Å²) in [5.74, 6) is 2.59. The summed E-state index contributed by atoms with van der Waals surface area (Å²) in [6.45, 7) is 6.34. The molecule has 1 aromatic carbocycles. The topological polar surface area (TPSA) is 38.7 Å². The van der Waals surface area contributed by atoms with Crippen molar-refractivity contribution < 1.29 is 14.6 Å². The summed E-state index contributed by atoms with van der Waals surface area (Å²) in [6.07, 6.45) is 27.7.